The molecule has 9 aromatic carbocycles. The molecule has 290 valence electrons. The van der Waals surface area contributed by atoms with Crippen LogP contribution in [-0.4, -0.2) is 14.5 Å². The molecular weight excluding hydrogens is 771 g/mol. The molecule has 3 nitrogen and oxygen atoms in total. The first-order valence-electron chi connectivity index (χ1n) is 21.0. The van der Waals surface area contributed by atoms with Crippen LogP contribution >= 0.6 is 11.3 Å². The lowest BCUT2D eigenvalue weighted by atomic mass is 9.95. The second kappa shape index (κ2) is 15.0. The summed E-state index contributed by atoms with van der Waals surface area (Å²) in [6, 6.07) is 80.4. The van der Waals surface area contributed by atoms with Gasteiger partial charge in [0, 0.05) is 53.3 Å². The Labute approximate surface area is 363 Å². The lowest BCUT2D eigenvalue weighted by Crippen LogP contribution is -1.96. The predicted octanol–water partition coefficient (Wildman–Crippen LogP) is 15.9. The van der Waals surface area contributed by atoms with Crippen molar-refractivity contribution in [1.29, 1.82) is 0 Å². The Bertz CT molecular complexity index is 3590. The third-order valence-corrected chi connectivity index (χ3v) is 13.1. The second-order valence-electron chi connectivity index (χ2n) is 15.8. The summed E-state index contributed by atoms with van der Waals surface area (Å²) in [4.78, 5) is 10.7. The first kappa shape index (κ1) is 36.0. The van der Waals surface area contributed by atoms with Gasteiger partial charge in [0.25, 0.3) is 0 Å². The average Bonchev–Trinajstić information content (AvgIpc) is 3.90. The van der Waals surface area contributed by atoms with Gasteiger partial charge < -0.3 is 4.57 Å². The van der Waals surface area contributed by atoms with Gasteiger partial charge in [0.15, 0.2) is 5.82 Å². The summed E-state index contributed by atoms with van der Waals surface area (Å²) in [5, 5.41) is 4.94. The molecule has 0 atom stereocenters. The lowest BCUT2D eigenvalue weighted by molar-refractivity contribution is 1.18. The van der Waals surface area contributed by atoms with Crippen molar-refractivity contribution in [2.75, 3.05) is 0 Å². The highest BCUT2D eigenvalue weighted by atomic mass is 32.1. The maximum Gasteiger partial charge on any atom is 0.160 e. The first-order valence-corrected chi connectivity index (χ1v) is 21.8. The number of rotatable bonds is 7. The van der Waals surface area contributed by atoms with E-state index in [1.165, 1.54) is 69.8 Å². The molecule has 0 saturated carbocycles. The SMILES string of the molecule is c1ccc(-c2ccc(-c3cc(-c4ccccc4)nc(-c4cc(-c5ccc6c(c5)c5ccc(-c7ccccc7)cc5n6-c5ccccc5)c5c(c4)sc4ccccc45)n3)cc2)cc1. The van der Waals surface area contributed by atoms with E-state index >= 15 is 0 Å². The summed E-state index contributed by atoms with van der Waals surface area (Å²) < 4.78 is 4.87. The molecule has 4 heteroatoms. The van der Waals surface area contributed by atoms with Gasteiger partial charge in [-0.25, -0.2) is 9.97 Å². The number of thiophene rings is 1. The van der Waals surface area contributed by atoms with E-state index in [0.29, 0.717) is 5.82 Å². The fourth-order valence-electron chi connectivity index (χ4n) is 9.01. The molecule has 0 spiro atoms. The Kier molecular flexibility index (Phi) is 8.68. The maximum absolute atomic E-state index is 5.35. The summed E-state index contributed by atoms with van der Waals surface area (Å²) in [7, 11) is 0. The van der Waals surface area contributed by atoms with E-state index in [-0.39, 0.29) is 0 Å². The number of aromatic nitrogens is 3. The van der Waals surface area contributed by atoms with Gasteiger partial charge in [-0.05, 0) is 88.0 Å². The number of hydrogen-bond donors (Lipinski definition) is 0. The van der Waals surface area contributed by atoms with Gasteiger partial charge in [0.05, 0.1) is 22.4 Å². The third kappa shape index (κ3) is 6.28. The van der Waals surface area contributed by atoms with Crippen molar-refractivity contribution in [3.63, 3.8) is 0 Å². The fraction of sp³-hybridized carbons (Fsp3) is 0. The number of para-hydroxylation sites is 1. The molecule has 0 aliphatic rings. The Balaban J connectivity index is 1.07. The second-order valence-corrected chi connectivity index (χ2v) is 16.9. The summed E-state index contributed by atoms with van der Waals surface area (Å²) >= 11 is 1.83. The van der Waals surface area contributed by atoms with Crippen LogP contribution in [0, 0.1) is 0 Å². The zero-order valence-corrected chi connectivity index (χ0v) is 34.4. The first-order chi connectivity index (χ1) is 30.7. The molecule has 0 bridgehead atoms. The fourth-order valence-corrected chi connectivity index (χ4v) is 10.2. The average molecular weight is 808 g/mol. The van der Waals surface area contributed by atoms with Gasteiger partial charge in [0.1, 0.15) is 0 Å². The van der Waals surface area contributed by atoms with E-state index in [1.54, 1.807) is 0 Å². The minimum atomic E-state index is 0.698. The largest absolute Gasteiger partial charge is 0.309 e. The molecule has 3 aromatic heterocycles. The highest BCUT2D eigenvalue weighted by Crippen LogP contribution is 2.45. The van der Waals surface area contributed by atoms with Gasteiger partial charge in [-0.2, -0.15) is 0 Å². The van der Waals surface area contributed by atoms with Crippen molar-refractivity contribution in [3.8, 4) is 73.0 Å². The Morgan fingerprint density at radius 3 is 1.58 bits per heavy atom. The van der Waals surface area contributed by atoms with Crippen LogP contribution in [0.1, 0.15) is 0 Å². The monoisotopic (exact) mass is 807 g/mol. The molecule has 0 radical (unpaired) electrons. The summed E-state index contributed by atoms with van der Waals surface area (Å²) in [5.74, 6) is 0.698. The molecule has 12 rings (SSSR count). The van der Waals surface area contributed by atoms with Crippen LogP contribution in [-0.2, 0) is 0 Å². The minimum absolute atomic E-state index is 0.698. The molecule has 62 heavy (non-hydrogen) atoms. The number of nitrogens with zero attached hydrogens (tertiary/aromatic N) is 3. The number of benzene rings is 9. The maximum atomic E-state index is 5.35. The van der Waals surface area contributed by atoms with Crippen molar-refractivity contribution in [1.82, 2.24) is 14.5 Å². The Morgan fingerprint density at radius 1 is 0.323 bits per heavy atom. The van der Waals surface area contributed by atoms with Crippen LogP contribution in [0.3, 0.4) is 0 Å². The van der Waals surface area contributed by atoms with Crippen molar-refractivity contribution < 1.29 is 0 Å². The van der Waals surface area contributed by atoms with Crippen LogP contribution in [0.15, 0.2) is 224 Å². The van der Waals surface area contributed by atoms with Crippen molar-refractivity contribution in [2.45, 2.75) is 0 Å². The number of fused-ring (bicyclic) bond motifs is 6. The van der Waals surface area contributed by atoms with Gasteiger partial charge in [-0.15, -0.1) is 11.3 Å². The van der Waals surface area contributed by atoms with Gasteiger partial charge in [0.2, 0.25) is 0 Å². The van der Waals surface area contributed by atoms with Crippen LogP contribution in [0.2, 0.25) is 0 Å². The van der Waals surface area contributed by atoms with Gasteiger partial charge in [-0.3, -0.25) is 0 Å². The van der Waals surface area contributed by atoms with Crippen molar-refractivity contribution in [3.05, 3.63) is 224 Å². The third-order valence-electron chi connectivity index (χ3n) is 12.0. The molecule has 0 amide bonds. The molecule has 3 heterocycles. The van der Waals surface area contributed by atoms with E-state index in [9.17, 15) is 0 Å². The highest BCUT2D eigenvalue weighted by Gasteiger charge is 2.20. The van der Waals surface area contributed by atoms with E-state index in [2.05, 4.69) is 223 Å². The van der Waals surface area contributed by atoms with Crippen molar-refractivity contribution >= 4 is 53.3 Å². The predicted molar refractivity (Wildman–Crippen MR) is 262 cm³/mol. The molecule has 0 aliphatic heterocycles. The zero-order chi connectivity index (χ0) is 41.0. The Morgan fingerprint density at radius 2 is 0.871 bits per heavy atom. The number of hydrogen-bond acceptors (Lipinski definition) is 3. The molecule has 0 aliphatic carbocycles. The van der Waals surface area contributed by atoms with E-state index in [4.69, 9.17) is 9.97 Å². The summed E-state index contributed by atoms with van der Waals surface area (Å²) in [6.45, 7) is 0. The standard InChI is InChI=1S/C58H37N3S/c1-5-15-38(16-6-1)40-25-27-42(28-26-40)52-37-51(41-19-9-3-10-20-41)59-58(60-52)45-34-49(57-48-23-13-14-24-55(48)62-56(57)36-45)44-30-32-53-50(33-44)47-31-29-43(39-17-7-2-8-18-39)35-54(47)61(53)46-21-11-4-12-22-46/h1-37H. The summed E-state index contributed by atoms with van der Waals surface area (Å²) in [6.07, 6.45) is 0. The Hall–Kier alpha value is -7.92. The topological polar surface area (TPSA) is 30.7 Å². The molecule has 0 fully saturated rings. The van der Waals surface area contributed by atoms with Gasteiger partial charge in [-0.1, -0.05) is 170 Å². The van der Waals surface area contributed by atoms with Crippen molar-refractivity contribution in [2.24, 2.45) is 0 Å². The lowest BCUT2D eigenvalue weighted by Gasteiger charge is -2.13. The molecule has 12 aromatic rings. The van der Waals surface area contributed by atoms with E-state index < -0.39 is 0 Å². The zero-order valence-electron chi connectivity index (χ0n) is 33.6. The summed E-state index contributed by atoms with van der Waals surface area (Å²) in [5.41, 5.74) is 15.4. The van der Waals surface area contributed by atoms with E-state index in [1.807, 2.05) is 17.4 Å². The quantitative estimate of drug-likeness (QED) is 0.161. The van der Waals surface area contributed by atoms with Crippen LogP contribution in [0.25, 0.3) is 115 Å². The normalized spacial score (nSPS) is 11.5. The smallest absolute Gasteiger partial charge is 0.160 e. The van der Waals surface area contributed by atoms with Crippen LogP contribution < -0.4 is 0 Å². The van der Waals surface area contributed by atoms with E-state index in [0.717, 1.165) is 39.3 Å². The minimum Gasteiger partial charge on any atom is -0.309 e. The highest BCUT2D eigenvalue weighted by molar-refractivity contribution is 7.26. The molecule has 0 N–H and O–H groups in total. The van der Waals surface area contributed by atoms with Gasteiger partial charge >= 0.3 is 0 Å². The molecule has 0 saturated heterocycles. The molecule has 0 unspecified atom stereocenters. The van der Waals surface area contributed by atoms with Crippen LogP contribution in [0.5, 0.6) is 0 Å². The molecular formula is C58H37N3S. The van der Waals surface area contributed by atoms with Crippen LogP contribution in [0.4, 0.5) is 0 Å².